The third-order valence-electron chi connectivity index (χ3n) is 1.55. The lowest BCUT2D eigenvalue weighted by Crippen LogP contribution is -2.07. The first-order valence-electron chi connectivity index (χ1n) is 4.37. The number of hydrogen-bond donors (Lipinski definition) is 1. The second-order valence-corrected chi connectivity index (χ2v) is 2.54. The van der Waals surface area contributed by atoms with Gasteiger partial charge in [0.1, 0.15) is 6.61 Å². The van der Waals surface area contributed by atoms with Gasteiger partial charge in [0.25, 0.3) is 0 Å². The van der Waals surface area contributed by atoms with Crippen molar-refractivity contribution in [3.05, 3.63) is 30.6 Å². The highest BCUT2D eigenvalue weighted by molar-refractivity contribution is 5.90. The van der Waals surface area contributed by atoms with E-state index in [-0.39, 0.29) is 0 Å². The summed E-state index contributed by atoms with van der Waals surface area (Å²) in [7, 11) is 0. The van der Waals surface area contributed by atoms with Crippen LogP contribution in [-0.4, -0.2) is 24.2 Å². The molecule has 0 unspecified atom stereocenters. The summed E-state index contributed by atoms with van der Waals surface area (Å²) in [5.74, 6) is 0.0833. The Balaban J connectivity index is 2.70. The zero-order chi connectivity index (χ0) is 10.4. The Kier molecular flexibility index (Phi) is 3.79. The summed E-state index contributed by atoms with van der Waals surface area (Å²) in [6, 6.07) is 1.68. The Morgan fingerprint density at radius 2 is 2.50 bits per heavy atom. The van der Waals surface area contributed by atoms with Crippen LogP contribution in [0, 0.1) is 0 Å². The van der Waals surface area contributed by atoms with Gasteiger partial charge >= 0.3 is 5.97 Å². The van der Waals surface area contributed by atoms with E-state index in [0.29, 0.717) is 24.7 Å². The van der Waals surface area contributed by atoms with Crippen molar-refractivity contribution >= 4 is 5.97 Å². The molecule has 1 N–H and O–H groups in total. The second-order valence-electron chi connectivity index (χ2n) is 2.54. The smallest absolute Gasteiger partial charge is 0.358 e. The van der Waals surface area contributed by atoms with Crippen molar-refractivity contribution < 1.29 is 14.3 Å². The van der Waals surface area contributed by atoms with E-state index in [4.69, 9.17) is 9.47 Å². The number of nitrogens with one attached hydrogen (secondary N) is 1. The molecule has 1 aromatic heterocycles. The summed E-state index contributed by atoms with van der Waals surface area (Å²) >= 11 is 0. The zero-order valence-electron chi connectivity index (χ0n) is 8.08. The molecule has 0 saturated carbocycles. The fraction of sp³-hybridized carbons (Fsp3) is 0.300. The number of carbonyl (C=O) groups excluding carboxylic acids is 1. The average molecular weight is 195 g/mol. The maximum Gasteiger partial charge on any atom is 0.358 e. The molecule has 1 rings (SSSR count). The molecule has 1 aromatic rings. The van der Waals surface area contributed by atoms with Gasteiger partial charge in [0.2, 0.25) is 0 Å². The lowest BCUT2D eigenvalue weighted by molar-refractivity contribution is 0.0516. The number of H-pyrrole nitrogens is 1. The van der Waals surface area contributed by atoms with Crippen LogP contribution in [-0.2, 0) is 4.74 Å². The minimum absolute atomic E-state index is 0.341. The molecule has 76 valence electrons. The highest BCUT2D eigenvalue weighted by Crippen LogP contribution is 2.17. The van der Waals surface area contributed by atoms with Crippen LogP contribution in [0.2, 0.25) is 0 Å². The standard InChI is InChI=1S/C10H13NO3/c1-3-7-14-8-5-6-11-9(8)10(12)13-4-2/h3,5-6,11H,1,4,7H2,2H3. The van der Waals surface area contributed by atoms with Gasteiger partial charge < -0.3 is 14.5 Å². The first-order chi connectivity index (χ1) is 6.79. The Hall–Kier alpha value is -1.71. The van der Waals surface area contributed by atoms with Gasteiger partial charge in [0.05, 0.1) is 6.61 Å². The third-order valence-corrected chi connectivity index (χ3v) is 1.55. The van der Waals surface area contributed by atoms with E-state index in [0.717, 1.165) is 0 Å². The van der Waals surface area contributed by atoms with Crippen molar-refractivity contribution in [2.24, 2.45) is 0 Å². The Morgan fingerprint density at radius 3 is 3.14 bits per heavy atom. The number of aromatic nitrogens is 1. The topological polar surface area (TPSA) is 51.3 Å². The molecule has 0 bridgehead atoms. The minimum atomic E-state index is -0.406. The molecule has 0 fully saturated rings. The third kappa shape index (κ3) is 2.39. The first-order valence-corrected chi connectivity index (χ1v) is 4.37. The molecule has 1 heterocycles. The Bertz CT molecular complexity index is 317. The molecule has 0 aromatic carbocycles. The summed E-state index contributed by atoms with van der Waals surface area (Å²) in [5, 5.41) is 0. The fourth-order valence-corrected chi connectivity index (χ4v) is 0.987. The second kappa shape index (κ2) is 5.11. The molecule has 14 heavy (non-hydrogen) atoms. The lowest BCUT2D eigenvalue weighted by atomic mass is 10.4. The number of rotatable bonds is 5. The van der Waals surface area contributed by atoms with E-state index in [2.05, 4.69) is 11.6 Å². The summed E-state index contributed by atoms with van der Waals surface area (Å²) in [6.07, 6.45) is 3.24. The van der Waals surface area contributed by atoms with Crippen LogP contribution < -0.4 is 4.74 Å². The molecule has 0 aliphatic carbocycles. The van der Waals surface area contributed by atoms with Gasteiger partial charge in [-0.15, -0.1) is 0 Å². The highest BCUT2D eigenvalue weighted by atomic mass is 16.5. The molecule has 0 saturated heterocycles. The lowest BCUT2D eigenvalue weighted by Gasteiger charge is -2.04. The van der Waals surface area contributed by atoms with Crippen molar-refractivity contribution in [2.75, 3.05) is 13.2 Å². The van der Waals surface area contributed by atoms with Gasteiger partial charge in [-0.2, -0.15) is 0 Å². The molecule has 0 aliphatic heterocycles. The Labute approximate surface area is 82.5 Å². The molecule has 0 radical (unpaired) electrons. The van der Waals surface area contributed by atoms with Crippen molar-refractivity contribution in [2.45, 2.75) is 6.92 Å². The summed E-state index contributed by atoms with van der Waals surface area (Å²) in [6.45, 7) is 5.99. The molecular weight excluding hydrogens is 182 g/mol. The van der Waals surface area contributed by atoms with Crippen LogP contribution in [0.4, 0.5) is 0 Å². The largest absolute Gasteiger partial charge is 0.487 e. The van der Waals surface area contributed by atoms with Crippen LogP contribution in [0.25, 0.3) is 0 Å². The minimum Gasteiger partial charge on any atom is -0.487 e. The van der Waals surface area contributed by atoms with E-state index in [9.17, 15) is 4.79 Å². The van der Waals surface area contributed by atoms with Gasteiger partial charge in [-0.25, -0.2) is 4.79 Å². The fourth-order valence-electron chi connectivity index (χ4n) is 0.987. The van der Waals surface area contributed by atoms with Crippen LogP contribution in [0.15, 0.2) is 24.9 Å². The zero-order valence-corrected chi connectivity index (χ0v) is 8.08. The van der Waals surface area contributed by atoms with Crippen molar-refractivity contribution in [1.82, 2.24) is 4.98 Å². The molecule has 4 heteroatoms. The molecule has 4 nitrogen and oxygen atoms in total. The molecule has 0 aliphatic rings. The van der Waals surface area contributed by atoms with Crippen LogP contribution in [0.3, 0.4) is 0 Å². The summed E-state index contributed by atoms with van der Waals surface area (Å²) < 4.78 is 10.1. The first kappa shape index (κ1) is 10.4. The van der Waals surface area contributed by atoms with Crippen molar-refractivity contribution in [1.29, 1.82) is 0 Å². The predicted molar refractivity (Wildman–Crippen MR) is 52.4 cm³/mol. The normalized spacial score (nSPS) is 9.50. The maximum atomic E-state index is 11.3. The highest BCUT2D eigenvalue weighted by Gasteiger charge is 2.14. The maximum absolute atomic E-state index is 11.3. The number of aromatic amines is 1. The molecular formula is C10H13NO3. The Morgan fingerprint density at radius 1 is 1.71 bits per heavy atom. The van der Waals surface area contributed by atoms with E-state index in [1.54, 1.807) is 25.3 Å². The molecule has 0 amide bonds. The number of esters is 1. The molecule has 0 spiro atoms. The van der Waals surface area contributed by atoms with E-state index in [1.807, 2.05) is 0 Å². The quantitative estimate of drug-likeness (QED) is 0.575. The van der Waals surface area contributed by atoms with Gasteiger partial charge in [0.15, 0.2) is 11.4 Å². The molecule has 0 atom stereocenters. The predicted octanol–water partition coefficient (Wildman–Crippen LogP) is 1.76. The van der Waals surface area contributed by atoms with Gasteiger partial charge in [-0.1, -0.05) is 12.7 Å². The summed E-state index contributed by atoms with van der Waals surface area (Å²) in [4.78, 5) is 14.1. The SMILES string of the molecule is C=CCOc1cc[nH]c1C(=O)OCC. The number of ether oxygens (including phenoxy) is 2. The van der Waals surface area contributed by atoms with Crippen LogP contribution in [0.5, 0.6) is 5.75 Å². The van der Waals surface area contributed by atoms with Crippen molar-refractivity contribution in [3.8, 4) is 5.75 Å². The summed E-state index contributed by atoms with van der Waals surface area (Å²) in [5.41, 5.74) is 0.341. The number of hydrogen-bond acceptors (Lipinski definition) is 3. The van der Waals surface area contributed by atoms with E-state index < -0.39 is 5.97 Å². The van der Waals surface area contributed by atoms with E-state index in [1.165, 1.54) is 0 Å². The number of carbonyl (C=O) groups is 1. The average Bonchev–Trinajstić information content (AvgIpc) is 2.63. The monoisotopic (exact) mass is 195 g/mol. The van der Waals surface area contributed by atoms with Gasteiger partial charge in [-0.3, -0.25) is 0 Å². The van der Waals surface area contributed by atoms with Crippen LogP contribution >= 0.6 is 0 Å². The van der Waals surface area contributed by atoms with E-state index >= 15 is 0 Å². The van der Waals surface area contributed by atoms with Crippen LogP contribution in [0.1, 0.15) is 17.4 Å². The van der Waals surface area contributed by atoms with Gasteiger partial charge in [0, 0.05) is 6.20 Å². The van der Waals surface area contributed by atoms with Gasteiger partial charge in [-0.05, 0) is 13.0 Å². The van der Waals surface area contributed by atoms with Crippen molar-refractivity contribution in [3.63, 3.8) is 0 Å².